The standard InChI is InChI=1S/C18H20N2O2/c1-13-9-10-14(2)18(15(13)3)22-12-17(21)20-19-11-16-7-5-4-6-8-16/h4-11H,12H2,1-3H3,(H,20,21). The van der Waals surface area contributed by atoms with E-state index in [-0.39, 0.29) is 12.5 Å². The van der Waals surface area contributed by atoms with Gasteiger partial charge in [0, 0.05) is 0 Å². The van der Waals surface area contributed by atoms with Crippen LogP contribution in [0.4, 0.5) is 0 Å². The van der Waals surface area contributed by atoms with Gasteiger partial charge in [-0.05, 0) is 43.0 Å². The quantitative estimate of drug-likeness (QED) is 0.680. The van der Waals surface area contributed by atoms with E-state index < -0.39 is 0 Å². The van der Waals surface area contributed by atoms with Crippen molar-refractivity contribution >= 4 is 12.1 Å². The number of ether oxygens (including phenoxy) is 1. The second-order valence-corrected chi connectivity index (χ2v) is 5.15. The molecule has 0 fully saturated rings. The first-order valence-electron chi connectivity index (χ1n) is 7.14. The largest absolute Gasteiger partial charge is 0.483 e. The molecular formula is C18H20N2O2. The van der Waals surface area contributed by atoms with Crippen molar-refractivity contribution in [3.05, 3.63) is 64.7 Å². The third kappa shape index (κ3) is 4.19. The predicted octanol–water partition coefficient (Wildman–Crippen LogP) is 3.14. The SMILES string of the molecule is Cc1ccc(C)c(OCC(=O)NN=Cc2ccccc2)c1C. The third-order valence-electron chi connectivity index (χ3n) is 3.42. The summed E-state index contributed by atoms with van der Waals surface area (Å²) in [6.45, 7) is 5.92. The third-order valence-corrected chi connectivity index (χ3v) is 3.42. The minimum absolute atomic E-state index is 0.0583. The number of benzene rings is 2. The Bertz CT molecular complexity index is 679. The van der Waals surface area contributed by atoms with Crippen LogP contribution in [-0.2, 0) is 4.79 Å². The van der Waals surface area contributed by atoms with Gasteiger partial charge < -0.3 is 4.74 Å². The first kappa shape index (κ1) is 15.8. The number of rotatable bonds is 5. The Morgan fingerprint density at radius 2 is 1.77 bits per heavy atom. The van der Waals surface area contributed by atoms with Crippen LogP contribution in [0.2, 0.25) is 0 Å². The van der Waals surface area contributed by atoms with Gasteiger partial charge in [0.2, 0.25) is 0 Å². The highest BCUT2D eigenvalue weighted by Crippen LogP contribution is 2.25. The van der Waals surface area contributed by atoms with E-state index in [2.05, 4.69) is 10.5 Å². The lowest BCUT2D eigenvalue weighted by Crippen LogP contribution is -2.25. The number of hydrazone groups is 1. The first-order chi connectivity index (χ1) is 10.6. The van der Waals surface area contributed by atoms with Crippen LogP contribution in [0.15, 0.2) is 47.6 Å². The Balaban J connectivity index is 1.89. The lowest BCUT2D eigenvalue weighted by molar-refractivity contribution is -0.123. The average Bonchev–Trinajstić information content (AvgIpc) is 2.52. The maximum atomic E-state index is 11.8. The number of amides is 1. The second kappa shape index (κ2) is 7.41. The maximum absolute atomic E-state index is 11.8. The minimum atomic E-state index is -0.285. The molecule has 0 unspecified atom stereocenters. The molecule has 2 aromatic rings. The van der Waals surface area contributed by atoms with E-state index in [1.807, 2.05) is 63.2 Å². The Labute approximate surface area is 130 Å². The van der Waals surface area contributed by atoms with Gasteiger partial charge >= 0.3 is 0 Å². The molecule has 1 amide bonds. The van der Waals surface area contributed by atoms with Crippen molar-refractivity contribution < 1.29 is 9.53 Å². The summed E-state index contributed by atoms with van der Waals surface area (Å²) < 4.78 is 5.63. The molecule has 0 aliphatic heterocycles. The number of hydrogen-bond donors (Lipinski definition) is 1. The van der Waals surface area contributed by atoms with E-state index in [4.69, 9.17) is 4.74 Å². The molecule has 0 spiro atoms. The molecule has 0 radical (unpaired) electrons. The summed E-state index contributed by atoms with van der Waals surface area (Å²) in [5.41, 5.74) is 6.60. The van der Waals surface area contributed by atoms with Crippen molar-refractivity contribution in [2.75, 3.05) is 6.61 Å². The Morgan fingerprint density at radius 3 is 2.50 bits per heavy atom. The van der Waals surface area contributed by atoms with E-state index in [1.165, 1.54) is 0 Å². The molecule has 0 bridgehead atoms. The number of hydrogen-bond acceptors (Lipinski definition) is 3. The van der Waals surface area contributed by atoms with E-state index in [9.17, 15) is 4.79 Å². The summed E-state index contributed by atoms with van der Waals surface area (Å²) in [4.78, 5) is 11.8. The lowest BCUT2D eigenvalue weighted by atomic mass is 10.1. The van der Waals surface area contributed by atoms with E-state index in [0.29, 0.717) is 0 Å². The van der Waals surface area contributed by atoms with Gasteiger partial charge in [-0.3, -0.25) is 4.79 Å². The summed E-state index contributed by atoms with van der Waals surface area (Å²) in [5, 5.41) is 3.91. The molecule has 0 aliphatic carbocycles. The summed E-state index contributed by atoms with van der Waals surface area (Å²) >= 11 is 0. The normalized spacial score (nSPS) is 10.7. The van der Waals surface area contributed by atoms with Crippen LogP contribution < -0.4 is 10.2 Å². The molecule has 0 saturated heterocycles. The second-order valence-electron chi connectivity index (χ2n) is 5.15. The molecule has 2 aromatic carbocycles. The Hall–Kier alpha value is -2.62. The molecule has 0 aliphatic rings. The van der Waals surface area contributed by atoms with Crippen molar-refractivity contribution in [1.82, 2.24) is 5.43 Å². The predicted molar refractivity (Wildman–Crippen MR) is 88.3 cm³/mol. The van der Waals surface area contributed by atoms with Gasteiger partial charge in [-0.1, -0.05) is 42.5 Å². The van der Waals surface area contributed by atoms with Crippen molar-refractivity contribution in [2.45, 2.75) is 20.8 Å². The van der Waals surface area contributed by atoms with Crippen LogP contribution >= 0.6 is 0 Å². The topological polar surface area (TPSA) is 50.7 Å². The highest BCUT2D eigenvalue weighted by molar-refractivity contribution is 5.82. The molecular weight excluding hydrogens is 276 g/mol. The van der Waals surface area contributed by atoms with Crippen molar-refractivity contribution in [3.63, 3.8) is 0 Å². The molecule has 114 valence electrons. The van der Waals surface area contributed by atoms with Crippen molar-refractivity contribution in [2.24, 2.45) is 5.10 Å². The molecule has 4 nitrogen and oxygen atoms in total. The number of carbonyl (C=O) groups is 1. The number of carbonyl (C=O) groups excluding carboxylic acids is 1. The zero-order chi connectivity index (χ0) is 15.9. The molecule has 22 heavy (non-hydrogen) atoms. The molecule has 2 rings (SSSR count). The minimum Gasteiger partial charge on any atom is -0.483 e. The van der Waals surface area contributed by atoms with Gasteiger partial charge in [-0.15, -0.1) is 0 Å². The lowest BCUT2D eigenvalue weighted by Gasteiger charge is -2.13. The number of aryl methyl sites for hydroxylation is 2. The fraction of sp³-hybridized carbons (Fsp3) is 0.222. The first-order valence-corrected chi connectivity index (χ1v) is 7.14. The van der Waals surface area contributed by atoms with E-state index in [0.717, 1.165) is 28.0 Å². The fourth-order valence-corrected chi connectivity index (χ4v) is 2.04. The van der Waals surface area contributed by atoms with Crippen LogP contribution in [-0.4, -0.2) is 18.7 Å². The average molecular weight is 296 g/mol. The van der Waals surface area contributed by atoms with Crippen LogP contribution in [0.1, 0.15) is 22.3 Å². The van der Waals surface area contributed by atoms with Gasteiger partial charge in [0.05, 0.1) is 6.21 Å². The van der Waals surface area contributed by atoms with E-state index in [1.54, 1.807) is 6.21 Å². The van der Waals surface area contributed by atoms with Gasteiger partial charge in [0.25, 0.3) is 5.91 Å². The molecule has 0 atom stereocenters. The highest BCUT2D eigenvalue weighted by atomic mass is 16.5. The molecule has 1 N–H and O–H groups in total. The van der Waals surface area contributed by atoms with Gasteiger partial charge in [-0.25, -0.2) is 5.43 Å². The smallest absolute Gasteiger partial charge is 0.277 e. The van der Waals surface area contributed by atoms with Crippen LogP contribution in [0.3, 0.4) is 0 Å². The highest BCUT2D eigenvalue weighted by Gasteiger charge is 2.08. The Morgan fingerprint density at radius 1 is 1.09 bits per heavy atom. The molecule has 4 heteroatoms. The van der Waals surface area contributed by atoms with Gasteiger partial charge in [0.15, 0.2) is 6.61 Å². The van der Waals surface area contributed by atoms with Crippen molar-refractivity contribution in [3.8, 4) is 5.75 Å². The Kier molecular flexibility index (Phi) is 5.31. The zero-order valence-corrected chi connectivity index (χ0v) is 13.1. The zero-order valence-electron chi connectivity index (χ0n) is 13.1. The van der Waals surface area contributed by atoms with Gasteiger partial charge in [0.1, 0.15) is 5.75 Å². The number of nitrogens with zero attached hydrogens (tertiary/aromatic N) is 1. The summed E-state index contributed by atoms with van der Waals surface area (Å²) in [5.74, 6) is 0.481. The van der Waals surface area contributed by atoms with E-state index >= 15 is 0 Å². The van der Waals surface area contributed by atoms with Crippen LogP contribution in [0.5, 0.6) is 5.75 Å². The van der Waals surface area contributed by atoms with Gasteiger partial charge in [-0.2, -0.15) is 5.10 Å². The van der Waals surface area contributed by atoms with Crippen LogP contribution in [0.25, 0.3) is 0 Å². The fourth-order valence-electron chi connectivity index (χ4n) is 2.04. The number of nitrogens with one attached hydrogen (secondary N) is 1. The molecule has 0 heterocycles. The van der Waals surface area contributed by atoms with Crippen molar-refractivity contribution in [1.29, 1.82) is 0 Å². The summed E-state index contributed by atoms with van der Waals surface area (Å²) in [6, 6.07) is 13.6. The molecule has 0 saturated carbocycles. The molecule has 0 aromatic heterocycles. The maximum Gasteiger partial charge on any atom is 0.277 e. The summed E-state index contributed by atoms with van der Waals surface area (Å²) in [6.07, 6.45) is 1.60. The monoisotopic (exact) mass is 296 g/mol. The van der Waals surface area contributed by atoms with Crippen LogP contribution in [0, 0.1) is 20.8 Å². The summed E-state index contributed by atoms with van der Waals surface area (Å²) in [7, 11) is 0.